The van der Waals surface area contributed by atoms with Crippen LogP contribution in [0.1, 0.15) is 46.5 Å². The Morgan fingerprint density at radius 3 is 2.53 bits per heavy atom. The second-order valence-electron chi connectivity index (χ2n) is 7.88. The van der Waals surface area contributed by atoms with Crippen LogP contribution in [0.3, 0.4) is 0 Å². The molecule has 3 N–H and O–H groups in total. The van der Waals surface area contributed by atoms with Crippen molar-refractivity contribution in [2.24, 2.45) is 0 Å². The lowest BCUT2D eigenvalue weighted by atomic mass is 10.1. The minimum absolute atomic E-state index is 0.0534. The van der Waals surface area contributed by atoms with E-state index in [2.05, 4.69) is 47.6 Å². The first kappa shape index (κ1) is 25.4. The van der Waals surface area contributed by atoms with Crippen molar-refractivity contribution in [2.75, 3.05) is 13.6 Å². The molecule has 2 amide bonds. The molecule has 1 saturated heterocycles. The van der Waals surface area contributed by atoms with Crippen LogP contribution >= 0.6 is 11.6 Å². The smallest absolute Gasteiger partial charge is 0.290 e. The Labute approximate surface area is 192 Å². The molecular weight excluding hydrogens is 434 g/mol. The van der Waals surface area contributed by atoms with Crippen LogP contribution in [0.15, 0.2) is 34.7 Å². The fourth-order valence-corrected chi connectivity index (χ4v) is 3.93. The van der Waals surface area contributed by atoms with E-state index in [0.29, 0.717) is 19.5 Å². The van der Waals surface area contributed by atoms with Gasteiger partial charge in [0.1, 0.15) is 0 Å². The molecule has 32 heavy (non-hydrogen) atoms. The molecule has 1 aromatic carbocycles. The van der Waals surface area contributed by atoms with Crippen LogP contribution in [0.2, 0.25) is 5.22 Å². The quantitative estimate of drug-likeness (QED) is 0.544. The number of carboxylic acid groups (broad SMARTS) is 1. The predicted molar refractivity (Wildman–Crippen MR) is 122 cm³/mol. The van der Waals surface area contributed by atoms with E-state index in [1.807, 2.05) is 7.05 Å². The highest BCUT2D eigenvalue weighted by Crippen LogP contribution is 2.24. The standard InChI is InChI=1S/C22H28ClN3O3.CH2O2/c1-14-4-5-15(2)16(10-14)12-24-21(27)11-17-6-7-18(26(17)3)13-25-22(28)19-8-9-20(23)29-19;2-1-3/h4-5,8-10,17-18H,6-7,11-13H2,1-3H3,(H,24,27)(H,25,28);1H,(H,2,3)/t17-,18+;/m1./s1. The number of amides is 2. The molecule has 0 radical (unpaired) electrons. The van der Waals surface area contributed by atoms with Crippen LogP contribution in [0, 0.1) is 13.8 Å². The summed E-state index contributed by atoms with van der Waals surface area (Å²) in [4.78, 5) is 35.1. The molecule has 0 unspecified atom stereocenters. The summed E-state index contributed by atoms with van der Waals surface area (Å²) < 4.78 is 5.13. The molecule has 1 aromatic heterocycles. The number of halogens is 1. The van der Waals surface area contributed by atoms with Gasteiger partial charge in [-0.2, -0.15) is 0 Å². The maximum absolute atomic E-state index is 12.4. The van der Waals surface area contributed by atoms with Crippen molar-refractivity contribution >= 4 is 29.9 Å². The number of likely N-dealkylation sites (tertiary alicyclic amines) is 1. The van der Waals surface area contributed by atoms with E-state index in [4.69, 9.17) is 25.9 Å². The molecule has 2 aromatic rings. The van der Waals surface area contributed by atoms with E-state index in [-0.39, 0.29) is 41.3 Å². The topological polar surface area (TPSA) is 112 Å². The molecule has 0 saturated carbocycles. The zero-order valence-electron chi connectivity index (χ0n) is 18.6. The van der Waals surface area contributed by atoms with Crippen LogP contribution in [0.4, 0.5) is 0 Å². The molecule has 0 aliphatic carbocycles. The summed E-state index contributed by atoms with van der Waals surface area (Å²) in [6.07, 6.45) is 2.32. The number of benzene rings is 1. The van der Waals surface area contributed by atoms with Crippen molar-refractivity contribution in [3.63, 3.8) is 0 Å². The van der Waals surface area contributed by atoms with Crippen molar-refractivity contribution in [1.29, 1.82) is 0 Å². The minimum atomic E-state index is -0.278. The number of carbonyl (C=O) groups is 3. The van der Waals surface area contributed by atoms with Gasteiger partial charge in [-0.3, -0.25) is 19.3 Å². The Morgan fingerprint density at radius 1 is 1.19 bits per heavy atom. The van der Waals surface area contributed by atoms with Gasteiger partial charge in [-0.25, -0.2) is 0 Å². The van der Waals surface area contributed by atoms with Gasteiger partial charge >= 0.3 is 0 Å². The summed E-state index contributed by atoms with van der Waals surface area (Å²) in [5.74, 6) is -0.0179. The molecule has 9 heteroatoms. The summed E-state index contributed by atoms with van der Waals surface area (Å²) in [5.41, 5.74) is 3.52. The monoisotopic (exact) mass is 463 g/mol. The van der Waals surface area contributed by atoms with Crippen LogP contribution < -0.4 is 10.6 Å². The molecule has 0 spiro atoms. The average molecular weight is 464 g/mol. The molecule has 2 atom stereocenters. The molecule has 3 rings (SSSR count). The lowest BCUT2D eigenvalue weighted by Gasteiger charge is -2.25. The Morgan fingerprint density at radius 2 is 1.88 bits per heavy atom. The second-order valence-corrected chi connectivity index (χ2v) is 8.25. The number of furan rings is 1. The largest absolute Gasteiger partial charge is 0.483 e. The zero-order valence-corrected chi connectivity index (χ0v) is 19.3. The number of rotatable bonds is 7. The fourth-order valence-electron chi connectivity index (χ4n) is 3.79. The number of hydrogen-bond acceptors (Lipinski definition) is 5. The van der Waals surface area contributed by atoms with Gasteiger partial charge in [-0.15, -0.1) is 0 Å². The zero-order chi connectivity index (χ0) is 23.7. The van der Waals surface area contributed by atoms with Gasteiger partial charge in [-0.1, -0.05) is 23.8 Å². The maximum atomic E-state index is 12.4. The van der Waals surface area contributed by atoms with Gasteiger partial charge < -0.3 is 20.2 Å². The van der Waals surface area contributed by atoms with Crippen LogP contribution in [-0.4, -0.2) is 54.0 Å². The third-order valence-corrected chi connectivity index (χ3v) is 5.89. The fraction of sp³-hybridized carbons (Fsp3) is 0.435. The minimum Gasteiger partial charge on any atom is -0.483 e. The van der Waals surface area contributed by atoms with E-state index in [9.17, 15) is 9.59 Å². The maximum Gasteiger partial charge on any atom is 0.290 e. The number of carbonyl (C=O) groups excluding carboxylic acids is 2. The summed E-state index contributed by atoms with van der Waals surface area (Å²) >= 11 is 5.71. The summed E-state index contributed by atoms with van der Waals surface area (Å²) in [5, 5.41) is 13.0. The van der Waals surface area contributed by atoms with E-state index in [0.717, 1.165) is 18.4 Å². The van der Waals surface area contributed by atoms with Crippen molar-refractivity contribution in [3.05, 3.63) is 58.0 Å². The number of hydrogen-bond donors (Lipinski definition) is 3. The molecule has 0 bridgehead atoms. The van der Waals surface area contributed by atoms with Gasteiger partial charge in [0.05, 0.1) is 0 Å². The third kappa shape index (κ3) is 7.39. The van der Waals surface area contributed by atoms with E-state index in [1.165, 1.54) is 11.1 Å². The van der Waals surface area contributed by atoms with Crippen molar-refractivity contribution < 1.29 is 23.9 Å². The van der Waals surface area contributed by atoms with E-state index >= 15 is 0 Å². The van der Waals surface area contributed by atoms with E-state index < -0.39 is 0 Å². The second kappa shape index (κ2) is 12.3. The van der Waals surface area contributed by atoms with Crippen molar-refractivity contribution in [3.8, 4) is 0 Å². The number of nitrogens with one attached hydrogen (secondary N) is 2. The Hall–Kier alpha value is -2.84. The Balaban J connectivity index is 0.00000114. The van der Waals surface area contributed by atoms with Gasteiger partial charge in [0, 0.05) is 31.6 Å². The molecule has 2 heterocycles. The Kier molecular flexibility index (Phi) is 9.74. The average Bonchev–Trinajstić information content (AvgIpc) is 3.33. The molecule has 1 fully saturated rings. The highest BCUT2D eigenvalue weighted by atomic mass is 35.5. The molecule has 8 nitrogen and oxygen atoms in total. The highest BCUT2D eigenvalue weighted by molar-refractivity contribution is 6.29. The summed E-state index contributed by atoms with van der Waals surface area (Å²) in [7, 11) is 2.01. The normalized spacial score (nSPS) is 17.9. The highest BCUT2D eigenvalue weighted by Gasteiger charge is 2.32. The third-order valence-electron chi connectivity index (χ3n) is 5.68. The number of aryl methyl sites for hydroxylation is 2. The first-order valence-electron chi connectivity index (χ1n) is 10.4. The van der Waals surface area contributed by atoms with Crippen LogP contribution in [0.25, 0.3) is 0 Å². The number of likely N-dealkylation sites (N-methyl/N-ethyl adjacent to an activating group) is 1. The Bertz CT molecular complexity index is 930. The van der Waals surface area contributed by atoms with Gasteiger partial charge in [0.25, 0.3) is 12.4 Å². The van der Waals surface area contributed by atoms with Crippen molar-refractivity contribution in [1.82, 2.24) is 15.5 Å². The molecular formula is C23H30ClN3O5. The van der Waals surface area contributed by atoms with Crippen LogP contribution in [0.5, 0.6) is 0 Å². The number of nitrogens with zero attached hydrogens (tertiary/aromatic N) is 1. The lowest BCUT2D eigenvalue weighted by molar-refractivity contribution is -0.123. The van der Waals surface area contributed by atoms with Gasteiger partial charge in [0.15, 0.2) is 11.0 Å². The summed E-state index contributed by atoms with van der Waals surface area (Å²) in [6.45, 7) is 4.92. The lowest BCUT2D eigenvalue weighted by Crippen LogP contribution is -2.42. The van der Waals surface area contributed by atoms with Crippen molar-refractivity contribution in [2.45, 2.75) is 51.7 Å². The molecule has 1 aliphatic heterocycles. The van der Waals surface area contributed by atoms with Gasteiger partial charge in [-0.05, 0) is 68.6 Å². The molecule has 1 aliphatic rings. The van der Waals surface area contributed by atoms with Crippen LogP contribution in [-0.2, 0) is 16.1 Å². The first-order chi connectivity index (χ1) is 15.2. The predicted octanol–water partition coefficient (Wildman–Crippen LogP) is 3.15. The van der Waals surface area contributed by atoms with E-state index in [1.54, 1.807) is 12.1 Å². The summed E-state index contributed by atoms with van der Waals surface area (Å²) in [6, 6.07) is 9.74. The SMILES string of the molecule is Cc1ccc(C)c(CNC(=O)C[C@H]2CC[C@@H](CNC(=O)c3ccc(Cl)o3)N2C)c1.O=CO. The molecule has 174 valence electrons. The first-order valence-corrected chi connectivity index (χ1v) is 10.8. The van der Waals surface area contributed by atoms with Gasteiger partial charge in [0.2, 0.25) is 5.91 Å².